The summed E-state index contributed by atoms with van der Waals surface area (Å²) in [5, 5.41) is 2.18. The summed E-state index contributed by atoms with van der Waals surface area (Å²) in [4.78, 5) is 40.5. The number of amides is 3. The van der Waals surface area contributed by atoms with Gasteiger partial charge in [0, 0.05) is 30.8 Å². The summed E-state index contributed by atoms with van der Waals surface area (Å²) in [6.45, 7) is 4.06. The van der Waals surface area contributed by atoms with E-state index >= 15 is 0 Å². The van der Waals surface area contributed by atoms with Crippen molar-refractivity contribution in [2.24, 2.45) is 0 Å². The van der Waals surface area contributed by atoms with Crippen molar-refractivity contribution < 1.29 is 27.6 Å². The molecule has 1 heterocycles. The highest BCUT2D eigenvalue weighted by Crippen LogP contribution is 2.30. The van der Waals surface area contributed by atoms with Crippen molar-refractivity contribution in [2.75, 3.05) is 29.9 Å². The molecular weight excluding hydrogens is 423 g/mol. The van der Waals surface area contributed by atoms with E-state index in [9.17, 15) is 27.6 Å². The van der Waals surface area contributed by atoms with Crippen molar-refractivity contribution in [1.82, 2.24) is 4.90 Å². The highest BCUT2D eigenvalue weighted by atomic mass is 19.2. The van der Waals surface area contributed by atoms with Crippen molar-refractivity contribution in [3.8, 4) is 0 Å². The molecule has 0 fully saturated rings. The Hall–Kier alpha value is -3.36. The van der Waals surface area contributed by atoms with Gasteiger partial charge in [0.25, 0.3) is 5.91 Å². The van der Waals surface area contributed by atoms with Crippen LogP contribution in [-0.4, -0.2) is 42.3 Å². The molecule has 0 atom stereocenters. The molecule has 3 amide bonds. The van der Waals surface area contributed by atoms with Crippen LogP contribution in [0.3, 0.4) is 0 Å². The minimum atomic E-state index is -1.68. The van der Waals surface area contributed by atoms with Gasteiger partial charge in [0.1, 0.15) is 6.54 Å². The Balaban J connectivity index is 1.74. The standard InChI is InChI=1S/C23H24F3N3O3/c1-3-10-28(13-19(30)27-17-7-6-16(24)21(25)22(17)26)23(32)15-5-8-18-14(12-15)9-11-29(18)20(31)4-2/h5-8,12H,3-4,9-11,13H2,1-2H3,(H,27,30). The fraction of sp³-hybridized carbons (Fsp3) is 0.348. The lowest BCUT2D eigenvalue weighted by molar-refractivity contribution is -0.118. The van der Waals surface area contributed by atoms with Crippen LogP contribution < -0.4 is 10.2 Å². The molecule has 170 valence electrons. The Morgan fingerprint density at radius 1 is 1.06 bits per heavy atom. The minimum Gasteiger partial charge on any atom is -0.329 e. The molecule has 2 aromatic rings. The first-order chi connectivity index (χ1) is 15.3. The van der Waals surface area contributed by atoms with Crippen LogP contribution >= 0.6 is 0 Å². The van der Waals surface area contributed by atoms with Gasteiger partial charge in [-0.05, 0) is 48.7 Å². The smallest absolute Gasteiger partial charge is 0.254 e. The summed E-state index contributed by atoms with van der Waals surface area (Å²) in [5.74, 6) is -5.67. The van der Waals surface area contributed by atoms with Crippen molar-refractivity contribution in [2.45, 2.75) is 33.1 Å². The highest BCUT2D eigenvalue weighted by molar-refractivity contribution is 6.01. The van der Waals surface area contributed by atoms with Gasteiger partial charge in [0.2, 0.25) is 11.8 Å². The van der Waals surface area contributed by atoms with Crippen LogP contribution in [-0.2, 0) is 16.0 Å². The van der Waals surface area contributed by atoms with Crippen LogP contribution in [0, 0.1) is 17.5 Å². The maximum absolute atomic E-state index is 13.8. The fourth-order valence-corrected chi connectivity index (χ4v) is 3.68. The molecule has 1 aliphatic heterocycles. The van der Waals surface area contributed by atoms with Crippen molar-refractivity contribution in [3.63, 3.8) is 0 Å². The van der Waals surface area contributed by atoms with Gasteiger partial charge in [0.05, 0.1) is 5.69 Å². The van der Waals surface area contributed by atoms with E-state index in [-0.39, 0.29) is 19.0 Å². The molecule has 9 heteroatoms. The number of carbonyl (C=O) groups excluding carboxylic acids is 3. The molecule has 0 aliphatic carbocycles. The predicted molar refractivity (Wildman–Crippen MR) is 114 cm³/mol. The third-order valence-corrected chi connectivity index (χ3v) is 5.25. The minimum absolute atomic E-state index is 0.0107. The zero-order valence-electron chi connectivity index (χ0n) is 17.9. The Morgan fingerprint density at radius 3 is 2.50 bits per heavy atom. The molecular formula is C23H24F3N3O3. The van der Waals surface area contributed by atoms with E-state index in [1.165, 1.54) is 4.90 Å². The molecule has 0 aromatic heterocycles. The number of carbonyl (C=O) groups is 3. The molecule has 1 aliphatic rings. The second-order valence-electron chi connectivity index (χ2n) is 7.49. The average Bonchev–Trinajstić information content (AvgIpc) is 3.21. The van der Waals surface area contributed by atoms with Crippen molar-refractivity contribution in [1.29, 1.82) is 0 Å². The number of benzene rings is 2. The number of hydrogen-bond acceptors (Lipinski definition) is 3. The number of anilines is 2. The number of hydrogen-bond donors (Lipinski definition) is 1. The second kappa shape index (κ2) is 9.84. The highest BCUT2D eigenvalue weighted by Gasteiger charge is 2.26. The van der Waals surface area contributed by atoms with Crippen LogP contribution in [0.15, 0.2) is 30.3 Å². The summed E-state index contributed by atoms with van der Waals surface area (Å²) in [6, 6.07) is 6.68. The Labute approximate surface area is 184 Å². The van der Waals surface area contributed by atoms with Gasteiger partial charge in [-0.1, -0.05) is 13.8 Å². The lowest BCUT2D eigenvalue weighted by Crippen LogP contribution is -2.38. The van der Waals surface area contributed by atoms with Crippen LogP contribution in [0.25, 0.3) is 0 Å². The summed E-state index contributed by atoms with van der Waals surface area (Å²) in [7, 11) is 0. The zero-order chi connectivity index (χ0) is 23.4. The maximum Gasteiger partial charge on any atom is 0.254 e. The summed E-state index contributed by atoms with van der Waals surface area (Å²) >= 11 is 0. The second-order valence-corrected chi connectivity index (χ2v) is 7.49. The molecule has 0 bridgehead atoms. The quantitative estimate of drug-likeness (QED) is 0.655. The van der Waals surface area contributed by atoms with Gasteiger partial charge in [-0.15, -0.1) is 0 Å². The Bertz CT molecular complexity index is 1060. The SMILES string of the molecule is CCCN(CC(=O)Nc1ccc(F)c(F)c1F)C(=O)c1ccc2c(c1)CCN2C(=O)CC. The third-order valence-electron chi connectivity index (χ3n) is 5.25. The largest absolute Gasteiger partial charge is 0.329 e. The van der Waals surface area contributed by atoms with E-state index in [2.05, 4.69) is 5.32 Å². The molecule has 2 aromatic carbocycles. The van der Waals surface area contributed by atoms with E-state index < -0.39 is 35.0 Å². The number of halogens is 3. The van der Waals surface area contributed by atoms with Crippen LogP contribution in [0.5, 0.6) is 0 Å². The first-order valence-electron chi connectivity index (χ1n) is 10.4. The molecule has 0 unspecified atom stereocenters. The van der Waals surface area contributed by atoms with Gasteiger partial charge in [-0.3, -0.25) is 14.4 Å². The molecule has 0 saturated heterocycles. The van der Waals surface area contributed by atoms with E-state index in [0.717, 1.165) is 17.3 Å². The number of nitrogens with one attached hydrogen (secondary N) is 1. The normalized spacial score (nSPS) is 12.5. The van der Waals surface area contributed by atoms with Crippen LogP contribution in [0.2, 0.25) is 0 Å². The Kier molecular flexibility index (Phi) is 7.17. The van der Waals surface area contributed by atoms with Gasteiger partial charge in [-0.25, -0.2) is 13.2 Å². The number of nitrogens with zero attached hydrogens (tertiary/aromatic N) is 2. The molecule has 0 spiro atoms. The van der Waals surface area contributed by atoms with E-state index in [1.807, 2.05) is 6.92 Å². The van der Waals surface area contributed by atoms with E-state index in [1.54, 1.807) is 30.0 Å². The predicted octanol–water partition coefficient (Wildman–Crippen LogP) is 3.89. The van der Waals surface area contributed by atoms with E-state index in [0.29, 0.717) is 37.4 Å². The molecule has 0 saturated carbocycles. The zero-order valence-corrected chi connectivity index (χ0v) is 17.9. The van der Waals surface area contributed by atoms with Gasteiger partial charge in [-0.2, -0.15) is 0 Å². The van der Waals surface area contributed by atoms with Crippen molar-refractivity contribution >= 4 is 29.1 Å². The van der Waals surface area contributed by atoms with Crippen molar-refractivity contribution in [3.05, 3.63) is 58.9 Å². The molecule has 32 heavy (non-hydrogen) atoms. The summed E-state index contributed by atoms with van der Waals surface area (Å²) in [6.07, 6.45) is 1.59. The van der Waals surface area contributed by atoms with Gasteiger partial charge >= 0.3 is 0 Å². The first-order valence-corrected chi connectivity index (χ1v) is 10.4. The molecule has 3 rings (SSSR count). The monoisotopic (exact) mass is 447 g/mol. The lowest BCUT2D eigenvalue weighted by Gasteiger charge is -2.22. The van der Waals surface area contributed by atoms with Gasteiger partial charge < -0.3 is 15.1 Å². The Morgan fingerprint density at radius 2 is 1.81 bits per heavy atom. The number of fused-ring (bicyclic) bond motifs is 1. The average molecular weight is 447 g/mol. The summed E-state index contributed by atoms with van der Waals surface area (Å²) < 4.78 is 40.3. The fourth-order valence-electron chi connectivity index (χ4n) is 3.68. The summed E-state index contributed by atoms with van der Waals surface area (Å²) in [5.41, 5.74) is 1.52. The van der Waals surface area contributed by atoms with Crippen LogP contribution in [0.4, 0.5) is 24.5 Å². The number of rotatable bonds is 7. The maximum atomic E-state index is 13.8. The molecule has 0 radical (unpaired) electrons. The molecule has 6 nitrogen and oxygen atoms in total. The van der Waals surface area contributed by atoms with E-state index in [4.69, 9.17) is 0 Å². The third kappa shape index (κ3) is 4.76. The lowest BCUT2D eigenvalue weighted by atomic mass is 10.1. The first kappa shape index (κ1) is 23.3. The topological polar surface area (TPSA) is 69.7 Å². The van der Waals surface area contributed by atoms with Gasteiger partial charge in [0.15, 0.2) is 17.5 Å². The molecule has 1 N–H and O–H groups in total. The van der Waals surface area contributed by atoms with Crippen LogP contribution in [0.1, 0.15) is 42.6 Å².